The molecular formula is C28H23BrN4O2S. The fraction of sp³-hybridized carbons (Fsp3) is 0.107. The summed E-state index contributed by atoms with van der Waals surface area (Å²) in [6.45, 7) is 0.435. The van der Waals surface area contributed by atoms with Crippen molar-refractivity contribution in [2.45, 2.75) is 13.0 Å². The maximum absolute atomic E-state index is 6.04. The van der Waals surface area contributed by atoms with Gasteiger partial charge in [0.15, 0.2) is 17.3 Å². The first-order valence-corrected chi connectivity index (χ1v) is 12.5. The summed E-state index contributed by atoms with van der Waals surface area (Å²) >= 11 is 9.07. The van der Waals surface area contributed by atoms with Crippen molar-refractivity contribution in [2.24, 2.45) is 5.10 Å². The summed E-state index contributed by atoms with van der Waals surface area (Å²) in [5, 5.41) is 14.3. The molecule has 4 aromatic carbocycles. The van der Waals surface area contributed by atoms with Gasteiger partial charge in [-0.1, -0.05) is 72.8 Å². The molecule has 180 valence electrons. The largest absolute Gasteiger partial charge is 0.493 e. The second kappa shape index (κ2) is 10.9. The van der Waals surface area contributed by atoms with Gasteiger partial charge in [0.25, 0.3) is 0 Å². The summed E-state index contributed by atoms with van der Waals surface area (Å²) in [7, 11) is 1.62. The van der Waals surface area contributed by atoms with Crippen LogP contribution in [0.4, 0.5) is 0 Å². The highest BCUT2D eigenvalue weighted by Crippen LogP contribution is 2.37. The van der Waals surface area contributed by atoms with Gasteiger partial charge >= 0.3 is 0 Å². The number of nitrogens with one attached hydrogen (secondary N) is 1. The van der Waals surface area contributed by atoms with E-state index in [2.05, 4.69) is 61.6 Å². The summed E-state index contributed by atoms with van der Waals surface area (Å²) in [6.07, 6.45) is 2.32. The van der Waals surface area contributed by atoms with Crippen LogP contribution in [0.3, 0.4) is 0 Å². The summed E-state index contributed by atoms with van der Waals surface area (Å²) in [4.78, 5) is 0. The molecule has 0 atom stereocenters. The summed E-state index contributed by atoms with van der Waals surface area (Å²) < 4.78 is 14.5. The number of aromatic nitrogens is 3. The molecule has 0 fully saturated rings. The second-order valence-corrected chi connectivity index (χ2v) is 9.37. The highest BCUT2D eigenvalue weighted by Gasteiger charge is 2.13. The van der Waals surface area contributed by atoms with Crippen molar-refractivity contribution >= 4 is 45.1 Å². The van der Waals surface area contributed by atoms with E-state index in [0.717, 1.165) is 27.0 Å². The van der Waals surface area contributed by atoms with Gasteiger partial charge in [-0.05, 0) is 67.7 Å². The average Bonchev–Trinajstić information content (AvgIpc) is 3.25. The SMILES string of the molecule is COc1cc(C=Nn2c(Cc3cccc4ccccc34)n[nH]c2=S)cc(Br)c1OCc1ccccc1. The number of methoxy groups -OCH3 is 1. The Kier molecular flexibility index (Phi) is 7.25. The van der Waals surface area contributed by atoms with Crippen molar-refractivity contribution in [2.75, 3.05) is 7.11 Å². The van der Waals surface area contributed by atoms with Gasteiger partial charge in [0.2, 0.25) is 4.77 Å². The number of H-pyrrole nitrogens is 1. The Morgan fingerprint density at radius 1 is 1.03 bits per heavy atom. The van der Waals surface area contributed by atoms with Gasteiger partial charge in [-0.3, -0.25) is 5.10 Å². The van der Waals surface area contributed by atoms with Crippen LogP contribution in [0.15, 0.2) is 94.5 Å². The second-order valence-electron chi connectivity index (χ2n) is 8.12. The van der Waals surface area contributed by atoms with E-state index in [1.54, 1.807) is 18.0 Å². The van der Waals surface area contributed by atoms with E-state index < -0.39 is 0 Å². The molecule has 1 heterocycles. The predicted molar refractivity (Wildman–Crippen MR) is 149 cm³/mol. The van der Waals surface area contributed by atoms with Gasteiger partial charge < -0.3 is 9.47 Å². The number of nitrogens with zero attached hydrogens (tertiary/aromatic N) is 3. The molecule has 1 aromatic heterocycles. The van der Waals surface area contributed by atoms with Crippen LogP contribution < -0.4 is 9.47 Å². The van der Waals surface area contributed by atoms with Gasteiger partial charge in [-0.25, -0.2) is 0 Å². The Hall–Kier alpha value is -3.75. The van der Waals surface area contributed by atoms with Crippen molar-refractivity contribution in [3.05, 3.63) is 117 Å². The fourth-order valence-corrected chi connectivity index (χ4v) is 4.76. The van der Waals surface area contributed by atoms with E-state index in [0.29, 0.717) is 29.3 Å². The lowest BCUT2D eigenvalue weighted by Crippen LogP contribution is -2.02. The third-order valence-electron chi connectivity index (χ3n) is 5.75. The quantitative estimate of drug-likeness (QED) is 0.166. The highest BCUT2D eigenvalue weighted by molar-refractivity contribution is 9.10. The third-order valence-corrected chi connectivity index (χ3v) is 6.60. The molecule has 6 nitrogen and oxygen atoms in total. The fourth-order valence-electron chi connectivity index (χ4n) is 3.98. The number of rotatable bonds is 8. The maximum Gasteiger partial charge on any atom is 0.216 e. The number of hydrogen-bond acceptors (Lipinski definition) is 5. The molecule has 8 heteroatoms. The van der Waals surface area contributed by atoms with Gasteiger partial charge in [-0.2, -0.15) is 14.9 Å². The molecular weight excluding hydrogens is 536 g/mol. The van der Waals surface area contributed by atoms with Crippen LogP contribution in [-0.4, -0.2) is 28.2 Å². The number of aromatic amines is 1. The van der Waals surface area contributed by atoms with Crippen LogP contribution in [0.2, 0.25) is 0 Å². The minimum Gasteiger partial charge on any atom is -0.493 e. The van der Waals surface area contributed by atoms with Gasteiger partial charge in [0, 0.05) is 6.42 Å². The topological polar surface area (TPSA) is 64.4 Å². The minimum atomic E-state index is 0.426. The van der Waals surface area contributed by atoms with E-state index in [9.17, 15) is 0 Å². The first-order chi connectivity index (χ1) is 17.6. The van der Waals surface area contributed by atoms with E-state index in [-0.39, 0.29) is 0 Å². The Morgan fingerprint density at radius 3 is 2.64 bits per heavy atom. The molecule has 0 aliphatic rings. The predicted octanol–water partition coefficient (Wildman–Crippen LogP) is 6.92. The molecule has 0 radical (unpaired) electrons. The van der Waals surface area contributed by atoms with Crippen molar-refractivity contribution < 1.29 is 9.47 Å². The van der Waals surface area contributed by atoms with Crippen molar-refractivity contribution in [3.63, 3.8) is 0 Å². The van der Waals surface area contributed by atoms with Crippen LogP contribution in [0, 0.1) is 4.77 Å². The Bertz CT molecular complexity index is 1590. The Morgan fingerprint density at radius 2 is 1.81 bits per heavy atom. The van der Waals surface area contributed by atoms with Crippen LogP contribution in [0.1, 0.15) is 22.5 Å². The van der Waals surface area contributed by atoms with Crippen LogP contribution >= 0.6 is 28.1 Å². The van der Waals surface area contributed by atoms with Gasteiger partial charge in [0.05, 0.1) is 17.8 Å². The van der Waals surface area contributed by atoms with E-state index in [1.807, 2.05) is 54.6 Å². The Labute approximate surface area is 222 Å². The summed E-state index contributed by atoms with van der Waals surface area (Å²) in [5.41, 5.74) is 3.05. The third kappa shape index (κ3) is 5.24. The van der Waals surface area contributed by atoms with Crippen molar-refractivity contribution in [1.82, 2.24) is 14.9 Å². The zero-order valence-electron chi connectivity index (χ0n) is 19.5. The molecule has 5 rings (SSSR count). The zero-order valence-corrected chi connectivity index (χ0v) is 21.9. The molecule has 1 N–H and O–H groups in total. The van der Waals surface area contributed by atoms with E-state index >= 15 is 0 Å². The summed E-state index contributed by atoms with van der Waals surface area (Å²) in [5.74, 6) is 1.96. The Balaban J connectivity index is 1.40. The lowest BCUT2D eigenvalue weighted by atomic mass is 10.0. The number of halogens is 1. The van der Waals surface area contributed by atoms with Crippen molar-refractivity contribution in [1.29, 1.82) is 0 Å². The normalized spacial score (nSPS) is 11.3. The van der Waals surface area contributed by atoms with E-state index in [4.69, 9.17) is 21.7 Å². The first kappa shape index (κ1) is 24.0. The van der Waals surface area contributed by atoms with Crippen LogP contribution in [0.5, 0.6) is 11.5 Å². The van der Waals surface area contributed by atoms with Gasteiger partial charge in [0.1, 0.15) is 6.61 Å². The molecule has 0 saturated carbocycles. The first-order valence-electron chi connectivity index (χ1n) is 11.3. The highest BCUT2D eigenvalue weighted by atomic mass is 79.9. The maximum atomic E-state index is 6.04. The molecule has 0 spiro atoms. The number of hydrogen-bond donors (Lipinski definition) is 1. The van der Waals surface area contributed by atoms with Crippen LogP contribution in [0.25, 0.3) is 10.8 Å². The molecule has 0 amide bonds. The smallest absolute Gasteiger partial charge is 0.216 e. The van der Waals surface area contributed by atoms with Crippen molar-refractivity contribution in [3.8, 4) is 11.5 Å². The molecule has 0 aliphatic heterocycles. The molecule has 5 aromatic rings. The average molecular weight is 559 g/mol. The minimum absolute atomic E-state index is 0.426. The van der Waals surface area contributed by atoms with Gasteiger partial charge in [-0.15, -0.1) is 0 Å². The number of benzene rings is 4. The molecule has 0 aliphatic carbocycles. The van der Waals surface area contributed by atoms with Crippen LogP contribution in [-0.2, 0) is 13.0 Å². The number of ether oxygens (including phenoxy) is 2. The zero-order chi connectivity index (χ0) is 24.9. The monoisotopic (exact) mass is 558 g/mol. The lowest BCUT2D eigenvalue weighted by molar-refractivity contribution is 0.282. The molecule has 0 bridgehead atoms. The molecule has 0 saturated heterocycles. The molecule has 36 heavy (non-hydrogen) atoms. The standard InChI is InChI=1S/C28H23BrN4O2S/c1-34-25-15-20(14-24(29)27(25)35-18-19-8-3-2-4-9-19)17-30-33-26(31-32-28(33)36)16-22-12-7-11-21-10-5-6-13-23(21)22/h2-15,17H,16,18H2,1H3,(H,32,36). The van der Waals surface area contributed by atoms with E-state index in [1.165, 1.54) is 10.8 Å². The summed E-state index contributed by atoms with van der Waals surface area (Å²) in [6, 6.07) is 28.4. The lowest BCUT2D eigenvalue weighted by Gasteiger charge is -2.13. The molecule has 0 unspecified atom stereocenters. The number of fused-ring (bicyclic) bond motifs is 1.